The normalized spacial score (nSPS) is 11.9. The Kier molecular flexibility index (Phi) is 9.34. The molecule has 1 unspecified atom stereocenters. The maximum Gasteiger partial charge on any atom is 0.254 e. The molecule has 2 aromatic carbocycles. The van der Waals surface area contributed by atoms with Crippen LogP contribution in [-0.2, 0) is 17.9 Å². The molecule has 0 saturated heterocycles. The van der Waals surface area contributed by atoms with Crippen LogP contribution in [0.4, 0.5) is 0 Å². The first-order chi connectivity index (χ1) is 17.2. The van der Waals surface area contributed by atoms with Crippen LogP contribution in [0, 0.1) is 6.92 Å². The van der Waals surface area contributed by atoms with Crippen LogP contribution in [0.1, 0.15) is 61.3 Å². The monoisotopic (exact) mass is 489 g/mol. The van der Waals surface area contributed by atoms with E-state index in [9.17, 15) is 9.59 Å². The Morgan fingerprint density at radius 1 is 0.972 bits per heavy atom. The first-order valence-corrected chi connectivity index (χ1v) is 12.7. The van der Waals surface area contributed by atoms with Gasteiger partial charge in [-0.1, -0.05) is 36.8 Å². The lowest BCUT2D eigenvalue weighted by Crippen LogP contribution is -2.48. The van der Waals surface area contributed by atoms with Gasteiger partial charge in [0, 0.05) is 36.1 Å². The summed E-state index contributed by atoms with van der Waals surface area (Å²) in [6.07, 6.45) is 2.87. The van der Waals surface area contributed by atoms with Gasteiger partial charge in [-0.3, -0.25) is 9.59 Å². The fraction of sp³-hybridized carbons (Fsp3) is 0.400. The number of hydrogen-bond acceptors (Lipinski definition) is 3. The van der Waals surface area contributed by atoms with Gasteiger partial charge in [-0.2, -0.15) is 0 Å². The third-order valence-corrected chi connectivity index (χ3v) is 6.67. The van der Waals surface area contributed by atoms with Crippen molar-refractivity contribution in [2.75, 3.05) is 13.7 Å². The molecule has 6 heteroatoms. The quantitative estimate of drug-likeness (QED) is 0.356. The SMILES string of the molecule is CCC(C)N(Cc1cccn1Cc1cccc(OC)c1)C(=O)CN(C(=O)c1ccc(C)cc1)C(C)C. The molecule has 6 nitrogen and oxygen atoms in total. The molecule has 0 bridgehead atoms. The third-order valence-electron chi connectivity index (χ3n) is 6.67. The van der Waals surface area contributed by atoms with E-state index in [1.54, 1.807) is 12.0 Å². The standard InChI is InChI=1S/C30H39N3O3/c1-7-24(5)33(20-27-11-9-17-31(27)19-25-10-8-12-28(18-25)36-6)29(34)21-32(22(2)3)30(35)26-15-13-23(4)14-16-26/h8-18,22,24H,7,19-21H2,1-6H3. The van der Waals surface area contributed by atoms with Gasteiger partial charge < -0.3 is 19.1 Å². The average molecular weight is 490 g/mol. The molecule has 0 saturated carbocycles. The largest absolute Gasteiger partial charge is 0.497 e. The number of carbonyl (C=O) groups excluding carboxylic acids is 2. The molecule has 1 aromatic heterocycles. The molecule has 1 atom stereocenters. The Hall–Kier alpha value is -3.54. The second-order valence-corrected chi connectivity index (χ2v) is 9.65. The van der Waals surface area contributed by atoms with E-state index < -0.39 is 0 Å². The highest BCUT2D eigenvalue weighted by Gasteiger charge is 2.27. The summed E-state index contributed by atoms with van der Waals surface area (Å²) in [4.78, 5) is 30.5. The lowest BCUT2D eigenvalue weighted by atomic mass is 10.1. The minimum atomic E-state index is -0.121. The molecule has 0 radical (unpaired) electrons. The topological polar surface area (TPSA) is 54.8 Å². The van der Waals surface area contributed by atoms with Crippen LogP contribution in [0.3, 0.4) is 0 Å². The molecule has 0 spiro atoms. The maximum absolute atomic E-state index is 13.6. The van der Waals surface area contributed by atoms with Crippen molar-refractivity contribution in [1.82, 2.24) is 14.4 Å². The predicted octanol–water partition coefficient (Wildman–Crippen LogP) is 5.53. The van der Waals surface area contributed by atoms with Gasteiger partial charge in [0.05, 0.1) is 13.7 Å². The van der Waals surface area contributed by atoms with Gasteiger partial charge in [-0.05, 0) is 76.1 Å². The number of methoxy groups -OCH3 is 1. The van der Waals surface area contributed by atoms with Crippen molar-refractivity contribution < 1.29 is 14.3 Å². The van der Waals surface area contributed by atoms with E-state index in [4.69, 9.17) is 4.74 Å². The lowest BCUT2D eigenvalue weighted by molar-refractivity contribution is -0.135. The van der Waals surface area contributed by atoms with E-state index in [-0.39, 0.29) is 30.4 Å². The maximum atomic E-state index is 13.6. The van der Waals surface area contributed by atoms with E-state index >= 15 is 0 Å². The Morgan fingerprint density at radius 3 is 2.33 bits per heavy atom. The second-order valence-electron chi connectivity index (χ2n) is 9.65. The molecule has 36 heavy (non-hydrogen) atoms. The van der Waals surface area contributed by atoms with Crippen molar-refractivity contribution in [3.63, 3.8) is 0 Å². The van der Waals surface area contributed by atoms with Crippen molar-refractivity contribution in [3.8, 4) is 5.75 Å². The van der Waals surface area contributed by atoms with Gasteiger partial charge in [-0.15, -0.1) is 0 Å². The van der Waals surface area contributed by atoms with E-state index in [0.29, 0.717) is 18.7 Å². The zero-order valence-electron chi connectivity index (χ0n) is 22.4. The molecule has 0 aliphatic rings. The van der Waals surface area contributed by atoms with Crippen LogP contribution in [0.2, 0.25) is 0 Å². The summed E-state index contributed by atoms with van der Waals surface area (Å²) < 4.78 is 7.53. The number of carbonyl (C=O) groups is 2. The number of benzene rings is 2. The number of aromatic nitrogens is 1. The van der Waals surface area contributed by atoms with Gasteiger partial charge in [0.15, 0.2) is 0 Å². The molecule has 0 aliphatic carbocycles. The van der Waals surface area contributed by atoms with Crippen molar-refractivity contribution in [3.05, 3.63) is 89.2 Å². The van der Waals surface area contributed by atoms with Crippen LogP contribution < -0.4 is 4.74 Å². The van der Waals surface area contributed by atoms with Crippen LogP contribution >= 0.6 is 0 Å². The van der Waals surface area contributed by atoms with E-state index in [0.717, 1.165) is 29.0 Å². The summed E-state index contributed by atoms with van der Waals surface area (Å²) in [6, 6.07) is 19.5. The second kappa shape index (κ2) is 12.4. The molecule has 1 heterocycles. The number of amides is 2. The minimum absolute atomic E-state index is 0.0427. The van der Waals surface area contributed by atoms with Crippen LogP contribution in [0.15, 0.2) is 66.9 Å². The first-order valence-electron chi connectivity index (χ1n) is 12.7. The van der Waals surface area contributed by atoms with Gasteiger partial charge in [0.25, 0.3) is 5.91 Å². The average Bonchev–Trinajstić information content (AvgIpc) is 3.31. The molecule has 2 amide bonds. The summed E-state index contributed by atoms with van der Waals surface area (Å²) in [5.41, 5.74) is 3.87. The van der Waals surface area contributed by atoms with Gasteiger partial charge in [0.2, 0.25) is 5.91 Å². The number of nitrogens with zero attached hydrogens (tertiary/aromatic N) is 3. The van der Waals surface area contributed by atoms with Crippen molar-refractivity contribution in [1.29, 1.82) is 0 Å². The zero-order valence-corrected chi connectivity index (χ0v) is 22.4. The lowest BCUT2D eigenvalue weighted by Gasteiger charge is -2.33. The number of hydrogen-bond donors (Lipinski definition) is 0. The Morgan fingerprint density at radius 2 is 1.69 bits per heavy atom. The molecule has 3 rings (SSSR count). The molecule has 3 aromatic rings. The summed E-state index contributed by atoms with van der Waals surface area (Å²) in [5, 5.41) is 0. The van der Waals surface area contributed by atoms with E-state index in [1.807, 2.05) is 80.4 Å². The molecular weight excluding hydrogens is 450 g/mol. The van der Waals surface area contributed by atoms with Crippen molar-refractivity contribution in [2.45, 2.75) is 66.2 Å². The van der Waals surface area contributed by atoms with E-state index in [1.165, 1.54) is 0 Å². The highest BCUT2D eigenvalue weighted by Crippen LogP contribution is 2.18. The summed E-state index contributed by atoms with van der Waals surface area (Å²) in [6.45, 7) is 11.3. The summed E-state index contributed by atoms with van der Waals surface area (Å²) >= 11 is 0. The third kappa shape index (κ3) is 6.78. The molecule has 0 fully saturated rings. The first kappa shape index (κ1) is 27.1. The van der Waals surface area contributed by atoms with Crippen LogP contribution in [-0.4, -0.2) is 51.9 Å². The highest BCUT2D eigenvalue weighted by atomic mass is 16.5. The highest BCUT2D eigenvalue weighted by molar-refractivity contribution is 5.96. The molecule has 0 aliphatic heterocycles. The Balaban J connectivity index is 1.79. The van der Waals surface area contributed by atoms with Crippen molar-refractivity contribution >= 4 is 11.8 Å². The van der Waals surface area contributed by atoms with E-state index in [2.05, 4.69) is 30.5 Å². The molecule has 192 valence electrons. The predicted molar refractivity (Wildman–Crippen MR) is 144 cm³/mol. The van der Waals surface area contributed by atoms with Crippen LogP contribution in [0.5, 0.6) is 5.75 Å². The van der Waals surface area contributed by atoms with Crippen molar-refractivity contribution in [2.24, 2.45) is 0 Å². The fourth-order valence-corrected chi connectivity index (χ4v) is 4.19. The molecular formula is C30H39N3O3. The minimum Gasteiger partial charge on any atom is -0.497 e. The van der Waals surface area contributed by atoms with Crippen LogP contribution in [0.25, 0.3) is 0 Å². The summed E-state index contributed by atoms with van der Waals surface area (Å²) in [5.74, 6) is 0.654. The van der Waals surface area contributed by atoms with Gasteiger partial charge >= 0.3 is 0 Å². The number of ether oxygens (including phenoxy) is 1. The zero-order chi connectivity index (χ0) is 26.2. The fourth-order valence-electron chi connectivity index (χ4n) is 4.19. The van der Waals surface area contributed by atoms with Gasteiger partial charge in [0.1, 0.15) is 12.3 Å². The summed E-state index contributed by atoms with van der Waals surface area (Å²) in [7, 11) is 1.67. The number of rotatable bonds is 11. The Labute approximate surface area is 215 Å². The number of aryl methyl sites for hydroxylation is 1. The van der Waals surface area contributed by atoms with Gasteiger partial charge in [-0.25, -0.2) is 0 Å². The molecule has 0 N–H and O–H groups in total. The Bertz CT molecular complexity index is 1150. The smallest absolute Gasteiger partial charge is 0.254 e.